The minimum atomic E-state index is -0.617. The number of para-hydroxylation sites is 1. The summed E-state index contributed by atoms with van der Waals surface area (Å²) in [7, 11) is 0. The molecule has 4 heteroatoms. The maximum Gasteiger partial charge on any atom is 0.323 e. The molecular formula is C15H20N2O2. The van der Waals surface area contributed by atoms with Crippen LogP contribution in [0, 0.1) is 0 Å². The van der Waals surface area contributed by atoms with Crippen LogP contribution in [0.3, 0.4) is 0 Å². The first-order valence-corrected chi connectivity index (χ1v) is 6.63. The van der Waals surface area contributed by atoms with Crippen LogP contribution in [0.2, 0.25) is 0 Å². The predicted molar refractivity (Wildman–Crippen MR) is 75.8 cm³/mol. The Labute approximate surface area is 112 Å². The number of hydrogen-bond donors (Lipinski definition) is 2. The van der Waals surface area contributed by atoms with Gasteiger partial charge in [-0.05, 0) is 25.0 Å². The Bertz CT molecular complexity index is 562. The number of nitrogens with two attached hydrogens (primary N) is 1. The Kier molecular flexibility index (Phi) is 4.22. The summed E-state index contributed by atoms with van der Waals surface area (Å²) in [4.78, 5) is 15.0. The SMILES string of the molecule is CCC(C)OC(=O)[C@H](N)Cc1c[nH]c2ccccc12. The van der Waals surface area contributed by atoms with Gasteiger partial charge in [0.2, 0.25) is 0 Å². The third-order valence-electron chi connectivity index (χ3n) is 3.31. The quantitative estimate of drug-likeness (QED) is 0.811. The molecule has 1 unspecified atom stereocenters. The highest BCUT2D eigenvalue weighted by molar-refractivity contribution is 5.84. The molecule has 1 aromatic heterocycles. The molecule has 2 atom stereocenters. The second-order valence-corrected chi connectivity index (χ2v) is 4.83. The fourth-order valence-electron chi connectivity index (χ4n) is 1.99. The molecule has 0 aliphatic heterocycles. The molecular weight excluding hydrogens is 240 g/mol. The van der Waals surface area contributed by atoms with Gasteiger partial charge in [-0.25, -0.2) is 0 Å². The summed E-state index contributed by atoms with van der Waals surface area (Å²) in [6.07, 6.45) is 3.10. The average Bonchev–Trinajstić information content (AvgIpc) is 2.82. The standard InChI is InChI=1S/C15H20N2O2/c1-3-10(2)19-15(18)13(16)8-11-9-17-14-7-5-4-6-12(11)14/h4-7,9-10,13,17H,3,8,16H2,1-2H3/t10?,13-/m1/s1. The summed E-state index contributed by atoms with van der Waals surface area (Å²) in [6.45, 7) is 3.85. The van der Waals surface area contributed by atoms with Crippen LogP contribution in [0.25, 0.3) is 10.9 Å². The smallest absolute Gasteiger partial charge is 0.323 e. The van der Waals surface area contributed by atoms with Gasteiger partial charge in [0.15, 0.2) is 0 Å². The van der Waals surface area contributed by atoms with E-state index in [0.29, 0.717) is 6.42 Å². The van der Waals surface area contributed by atoms with E-state index in [9.17, 15) is 4.79 Å². The molecule has 102 valence electrons. The summed E-state index contributed by atoms with van der Waals surface area (Å²) in [5, 5.41) is 1.11. The Hall–Kier alpha value is -1.81. The van der Waals surface area contributed by atoms with Gasteiger partial charge in [-0.15, -0.1) is 0 Å². The number of carbonyl (C=O) groups excluding carboxylic acids is 1. The number of benzene rings is 1. The van der Waals surface area contributed by atoms with Crippen molar-refractivity contribution < 1.29 is 9.53 Å². The lowest BCUT2D eigenvalue weighted by Gasteiger charge is -2.15. The molecule has 1 heterocycles. The molecule has 0 amide bonds. The summed E-state index contributed by atoms with van der Waals surface area (Å²) in [6, 6.07) is 7.35. The van der Waals surface area contributed by atoms with E-state index in [4.69, 9.17) is 10.5 Å². The highest BCUT2D eigenvalue weighted by Crippen LogP contribution is 2.19. The summed E-state index contributed by atoms with van der Waals surface area (Å²) in [5.74, 6) is -0.334. The zero-order valence-corrected chi connectivity index (χ0v) is 11.3. The van der Waals surface area contributed by atoms with Crippen LogP contribution in [0.15, 0.2) is 30.5 Å². The maximum atomic E-state index is 11.8. The van der Waals surface area contributed by atoms with Gasteiger partial charge in [0.05, 0.1) is 6.10 Å². The summed E-state index contributed by atoms with van der Waals surface area (Å²) in [5.41, 5.74) is 8.02. The molecule has 4 nitrogen and oxygen atoms in total. The molecule has 0 bridgehead atoms. The number of rotatable bonds is 5. The highest BCUT2D eigenvalue weighted by Gasteiger charge is 2.19. The van der Waals surface area contributed by atoms with Crippen LogP contribution < -0.4 is 5.73 Å². The molecule has 3 N–H and O–H groups in total. The van der Waals surface area contributed by atoms with Gasteiger partial charge >= 0.3 is 5.97 Å². The molecule has 0 spiro atoms. The average molecular weight is 260 g/mol. The van der Waals surface area contributed by atoms with Crippen LogP contribution in [0.1, 0.15) is 25.8 Å². The van der Waals surface area contributed by atoms with Crippen molar-refractivity contribution in [1.82, 2.24) is 4.98 Å². The number of H-pyrrole nitrogens is 1. The van der Waals surface area contributed by atoms with Gasteiger partial charge in [-0.3, -0.25) is 4.79 Å². The molecule has 2 rings (SSSR count). The van der Waals surface area contributed by atoms with Gasteiger partial charge < -0.3 is 15.5 Å². The topological polar surface area (TPSA) is 68.1 Å². The minimum absolute atomic E-state index is 0.0819. The van der Waals surface area contributed by atoms with Crippen LogP contribution in [0.4, 0.5) is 0 Å². The molecule has 0 radical (unpaired) electrons. The zero-order valence-electron chi connectivity index (χ0n) is 11.3. The predicted octanol–water partition coefficient (Wildman–Crippen LogP) is 2.38. The van der Waals surface area contributed by atoms with Crippen molar-refractivity contribution in [3.63, 3.8) is 0 Å². The summed E-state index contributed by atoms with van der Waals surface area (Å²) >= 11 is 0. The number of carbonyl (C=O) groups is 1. The van der Waals surface area contributed by atoms with Gasteiger partial charge in [-0.2, -0.15) is 0 Å². The van der Waals surface area contributed by atoms with Gasteiger partial charge in [0.25, 0.3) is 0 Å². The lowest BCUT2D eigenvalue weighted by Crippen LogP contribution is -2.36. The van der Waals surface area contributed by atoms with E-state index in [1.807, 2.05) is 44.3 Å². The fraction of sp³-hybridized carbons (Fsp3) is 0.400. The molecule has 0 aliphatic carbocycles. The first kappa shape index (κ1) is 13.6. The van der Waals surface area contributed by atoms with E-state index in [2.05, 4.69) is 4.98 Å². The number of aromatic nitrogens is 1. The van der Waals surface area contributed by atoms with Crippen molar-refractivity contribution >= 4 is 16.9 Å². The van der Waals surface area contributed by atoms with Crippen molar-refractivity contribution in [3.8, 4) is 0 Å². The number of hydrogen-bond acceptors (Lipinski definition) is 3. The van der Waals surface area contributed by atoms with Gasteiger partial charge in [0, 0.05) is 23.5 Å². The van der Waals surface area contributed by atoms with Gasteiger partial charge in [0.1, 0.15) is 6.04 Å². The highest BCUT2D eigenvalue weighted by atomic mass is 16.5. The fourth-order valence-corrected chi connectivity index (χ4v) is 1.99. The number of ether oxygens (including phenoxy) is 1. The normalized spacial score (nSPS) is 14.3. The van der Waals surface area contributed by atoms with Crippen LogP contribution in [-0.4, -0.2) is 23.1 Å². The van der Waals surface area contributed by atoms with E-state index in [-0.39, 0.29) is 12.1 Å². The Morgan fingerprint density at radius 2 is 2.16 bits per heavy atom. The third kappa shape index (κ3) is 3.15. The van der Waals surface area contributed by atoms with Crippen molar-refractivity contribution in [2.24, 2.45) is 5.73 Å². The third-order valence-corrected chi connectivity index (χ3v) is 3.31. The van der Waals surface area contributed by atoms with E-state index in [1.54, 1.807) is 0 Å². The Morgan fingerprint density at radius 3 is 2.89 bits per heavy atom. The van der Waals surface area contributed by atoms with Crippen LogP contribution >= 0.6 is 0 Å². The largest absolute Gasteiger partial charge is 0.462 e. The van der Waals surface area contributed by atoms with Crippen molar-refractivity contribution in [2.75, 3.05) is 0 Å². The first-order chi connectivity index (χ1) is 9.11. The molecule has 0 fully saturated rings. The second-order valence-electron chi connectivity index (χ2n) is 4.83. The molecule has 0 saturated heterocycles. The van der Waals surface area contributed by atoms with E-state index in [1.165, 1.54) is 0 Å². The van der Waals surface area contributed by atoms with Crippen molar-refractivity contribution in [1.29, 1.82) is 0 Å². The number of aromatic amines is 1. The molecule has 0 aliphatic rings. The lowest BCUT2D eigenvalue weighted by atomic mass is 10.1. The van der Waals surface area contributed by atoms with E-state index < -0.39 is 6.04 Å². The Morgan fingerprint density at radius 1 is 1.42 bits per heavy atom. The van der Waals surface area contributed by atoms with Crippen molar-refractivity contribution in [2.45, 2.75) is 38.8 Å². The zero-order chi connectivity index (χ0) is 13.8. The van der Waals surface area contributed by atoms with Crippen LogP contribution in [-0.2, 0) is 16.0 Å². The van der Waals surface area contributed by atoms with Crippen molar-refractivity contribution in [3.05, 3.63) is 36.0 Å². The molecule has 1 aromatic carbocycles. The molecule has 19 heavy (non-hydrogen) atoms. The molecule has 0 saturated carbocycles. The van der Waals surface area contributed by atoms with E-state index >= 15 is 0 Å². The van der Waals surface area contributed by atoms with Gasteiger partial charge in [-0.1, -0.05) is 25.1 Å². The maximum absolute atomic E-state index is 11.8. The number of esters is 1. The second kappa shape index (κ2) is 5.89. The first-order valence-electron chi connectivity index (χ1n) is 6.63. The number of nitrogens with one attached hydrogen (secondary N) is 1. The monoisotopic (exact) mass is 260 g/mol. The molecule has 2 aromatic rings. The Balaban J connectivity index is 2.06. The van der Waals surface area contributed by atoms with Crippen LogP contribution in [0.5, 0.6) is 0 Å². The number of fused-ring (bicyclic) bond motifs is 1. The minimum Gasteiger partial charge on any atom is -0.462 e. The summed E-state index contributed by atoms with van der Waals surface area (Å²) < 4.78 is 5.25. The lowest BCUT2D eigenvalue weighted by molar-refractivity contribution is -0.149. The van der Waals surface area contributed by atoms with E-state index in [0.717, 1.165) is 22.9 Å².